The van der Waals surface area contributed by atoms with E-state index in [2.05, 4.69) is 38.8 Å². The molecule has 0 bridgehead atoms. The molecule has 0 radical (unpaired) electrons. The van der Waals surface area contributed by atoms with Crippen molar-refractivity contribution in [3.05, 3.63) is 57.2 Å². The van der Waals surface area contributed by atoms with Crippen molar-refractivity contribution in [1.29, 1.82) is 0 Å². The van der Waals surface area contributed by atoms with Crippen LogP contribution in [0.5, 0.6) is 0 Å². The van der Waals surface area contributed by atoms with Gasteiger partial charge in [0.15, 0.2) is 0 Å². The third-order valence-corrected chi connectivity index (χ3v) is 3.84. The van der Waals surface area contributed by atoms with Crippen molar-refractivity contribution < 1.29 is 0 Å². The van der Waals surface area contributed by atoms with E-state index in [-0.39, 0.29) is 0 Å². The third-order valence-electron chi connectivity index (χ3n) is 2.76. The van der Waals surface area contributed by atoms with E-state index in [4.69, 9.17) is 11.6 Å². The molecule has 0 saturated heterocycles. The Morgan fingerprint density at radius 1 is 1.28 bits per heavy atom. The zero-order valence-corrected chi connectivity index (χ0v) is 12.7. The second-order valence-corrected chi connectivity index (χ2v) is 5.56. The lowest BCUT2D eigenvalue weighted by atomic mass is 10.2. The number of hydrogen-bond donors (Lipinski definition) is 0. The summed E-state index contributed by atoms with van der Waals surface area (Å²) in [5, 5.41) is 0.763. The molecule has 0 atom stereocenters. The highest BCUT2D eigenvalue weighted by Gasteiger charge is 2.05. The van der Waals surface area contributed by atoms with Gasteiger partial charge in [-0.3, -0.25) is 0 Å². The Morgan fingerprint density at radius 3 is 2.56 bits per heavy atom. The SMILES string of the molecule is Cc1cc(N(C)Cc2ccc(Cl)cc2)ncc1Br. The minimum Gasteiger partial charge on any atom is -0.355 e. The summed E-state index contributed by atoms with van der Waals surface area (Å²) in [4.78, 5) is 6.52. The topological polar surface area (TPSA) is 16.1 Å². The smallest absolute Gasteiger partial charge is 0.128 e. The van der Waals surface area contributed by atoms with Crippen LogP contribution in [0.4, 0.5) is 5.82 Å². The van der Waals surface area contributed by atoms with E-state index in [0.29, 0.717) is 0 Å². The predicted octanol–water partition coefficient (Wildman–Crippen LogP) is 4.44. The second kappa shape index (κ2) is 5.72. The van der Waals surface area contributed by atoms with Gasteiger partial charge in [0.2, 0.25) is 0 Å². The highest BCUT2D eigenvalue weighted by Crippen LogP contribution is 2.20. The maximum absolute atomic E-state index is 5.87. The molecule has 2 aromatic rings. The lowest BCUT2D eigenvalue weighted by molar-refractivity contribution is 0.895. The molecule has 0 aliphatic heterocycles. The van der Waals surface area contributed by atoms with Crippen LogP contribution in [0.25, 0.3) is 0 Å². The molecule has 0 unspecified atom stereocenters. The Hall–Kier alpha value is -1.06. The molecule has 0 aliphatic rings. The third kappa shape index (κ3) is 3.24. The van der Waals surface area contributed by atoms with E-state index >= 15 is 0 Å². The summed E-state index contributed by atoms with van der Waals surface area (Å²) >= 11 is 9.33. The van der Waals surface area contributed by atoms with Gasteiger partial charge in [0.1, 0.15) is 5.82 Å². The van der Waals surface area contributed by atoms with Crippen LogP contribution in [0.2, 0.25) is 5.02 Å². The van der Waals surface area contributed by atoms with E-state index in [0.717, 1.165) is 21.9 Å². The molecule has 1 heterocycles. The van der Waals surface area contributed by atoms with Crippen LogP contribution in [0.3, 0.4) is 0 Å². The molecule has 94 valence electrons. The Balaban J connectivity index is 2.13. The predicted molar refractivity (Wildman–Crippen MR) is 80.2 cm³/mol. The number of nitrogens with zero attached hydrogens (tertiary/aromatic N) is 2. The van der Waals surface area contributed by atoms with Crippen LogP contribution >= 0.6 is 27.5 Å². The average Bonchev–Trinajstić information content (AvgIpc) is 2.35. The van der Waals surface area contributed by atoms with Crippen molar-refractivity contribution in [2.24, 2.45) is 0 Å². The van der Waals surface area contributed by atoms with Crippen LogP contribution in [0, 0.1) is 6.92 Å². The van der Waals surface area contributed by atoms with Crippen LogP contribution in [-0.4, -0.2) is 12.0 Å². The zero-order valence-electron chi connectivity index (χ0n) is 10.3. The van der Waals surface area contributed by atoms with Crippen LogP contribution in [0.15, 0.2) is 41.0 Å². The molecule has 0 spiro atoms. The highest BCUT2D eigenvalue weighted by atomic mass is 79.9. The number of benzene rings is 1. The lowest BCUT2D eigenvalue weighted by Crippen LogP contribution is -2.17. The number of rotatable bonds is 3. The molecule has 2 nitrogen and oxygen atoms in total. The quantitative estimate of drug-likeness (QED) is 0.829. The summed E-state index contributed by atoms with van der Waals surface area (Å²) in [6.07, 6.45) is 1.84. The highest BCUT2D eigenvalue weighted by molar-refractivity contribution is 9.10. The summed E-state index contributed by atoms with van der Waals surface area (Å²) < 4.78 is 1.03. The number of pyridine rings is 1. The van der Waals surface area contributed by atoms with Crippen molar-refractivity contribution >= 4 is 33.3 Å². The van der Waals surface area contributed by atoms with E-state index < -0.39 is 0 Å². The fourth-order valence-electron chi connectivity index (χ4n) is 1.68. The van der Waals surface area contributed by atoms with E-state index in [1.807, 2.05) is 37.5 Å². The summed E-state index contributed by atoms with van der Waals surface area (Å²) in [7, 11) is 2.03. The normalized spacial score (nSPS) is 10.4. The van der Waals surface area contributed by atoms with Gasteiger partial charge in [-0.15, -0.1) is 0 Å². The van der Waals surface area contributed by atoms with Crippen LogP contribution in [0.1, 0.15) is 11.1 Å². The number of aryl methyl sites for hydroxylation is 1. The van der Waals surface area contributed by atoms with Crippen LogP contribution < -0.4 is 4.90 Å². The molecular weight excluding hydrogens is 312 g/mol. The molecule has 0 aliphatic carbocycles. The fourth-order valence-corrected chi connectivity index (χ4v) is 2.02. The molecule has 2 rings (SSSR count). The van der Waals surface area contributed by atoms with E-state index in [1.54, 1.807) is 0 Å². The Bertz CT molecular complexity index is 540. The molecule has 0 amide bonds. The first-order valence-electron chi connectivity index (χ1n) is 5.64. The molecular formula is C14H14BrClN2. The van der Waals surface area contributed by atoms with Gasteiger partial charge in [-0.1, -0.05) is 23.7 Å². The van der Waals surface area contributed by atoms with E-state index in [9.17, 15) is 0 Å². The molecule has 4 heteroatoms. The number of hydrogen-bond acceptors (Lipinski definition) is 2. The van der Waals surface area contributed by atoms with Crippen molar-refractivity contribution in [2.75, 3.05) is 11.9 Å². The molecule has 0 fully saturated rings. The van der Waals surface area contributed by atoms with Gasteiger partial charge in [-0.25, -0.2) is 4.98 Å². The molecule has 1 aromatic heterocycles. The van der Waals surface area contributed by atoms with Gasteiger partial charge >= 0.3 is 0 Å². The van der Waals surface area contributed by atoms with Crippen molar-refractivity contribution in [2.45, 2.75) is 13.5 Å². The maximum atomic E-state index is 5.87. The first kappa shape index (κ1) is 13.4. The number of anilines is 1. The molecule has 18 heavy (non-hydrogen) atoms. The largest absolute Gasteiger partial charge is 0.355 e. The average molecular weight is 326 g/mol. The molecule has 0 saturated carbocycles. The van der Waals surface area contributed by atoms with Gasteiger partial charge in [0.05, 0.1) is 0 Å². The molecule has 1 aromatic carbocycles. The summed E-state index contributed by atoms with van der Waals surface area (Å²) in [5.74, 6) is 0.964. The van der Waals surface area contributed by atoms with Crippen LogP contribution in [-0.2, 0) is 6.54 Å². The Morgan fingerprint density at radius 2 is 1.94 bits per heavy atom. The van der Waals surface area contributed by atoms with Crippen molar-refractivity contribution in [3.63, 3.8) is 0 Å². The minimum atomic E-state index is 0.763. The first-order valence-corrected chi connectivity index (χ1v) is 6.81. The van der Waals surface area contributed by atoms with E-state index in [1.165, 1.54) is 11.1 Å². The first-order chi connectivity index (χ1) is 8.56. The number of aromatic nitrogens is 1. The van der Waals surface area contributed by atoms with Gasteiger partial charge in [0.25, 0.3) is 0 Å². The monoisotopic (exact) mass is 324 g/mol. The second-order valence-electron chi connectivity index (χ2n) is 4.27. The standard InChI is InChI=1S/C14H14BrClN2/c1-10-7-14(17-8-13(10)15)18(2)9-11-3-5-12(16)6-4-11/h3-8H,9H2,1-2H3. The van der Waals surface area contributed by atoms with Crippen molar-refractivity contribution in [3.8, 4) is 0 Å². The Kier molecular flexibility index (Phi) is 4.25. The van der Waals surface area contributed by atoms with Crippen molar-refractivity contribution in [1.82, 2.24) is 4.98 Å². The lowest BCUT2D eigenvalue weighted by Gasteiger charge is -2.19. The fraction of sp³-hybridized carbons (Fsp3) is 0.214. The minimum absolute atomic E-state index is 0.763. The summed E-state index contributed by atoms with van der Waals surface area (Å²) in [6.45, 7) is 2.87. The zero-order chi connectivity index (χ0) is 13.1. The van der Waals surface area contributed by atoms with Gasteiger partial charge < -0.3 is 4.90 Å². The van der Waals surface area contributed by atoms with Gasteiger partial charge in [-0.05, 0) is 52.2 Å². The summed E-state index contributed by atoms with van der Waals surface area (Å²) in [5.41, 5.74) is 2.40. The summed E-state index contributed by atoms with van der Waals surface area (Å²) in [6, 6.07) is 9.95. The number of halogens is 2. The van der Waals surface area contributed by atoms with Gasteiger partial charge in [0, 0.05) is 29.3 Å². The Labute approximate surface area is 121 Å². The van der Waals surface area contributed by atoms with Gasteiger partial charge in [-0.2, -0.15) is 0 Å². The molecule has 0 N–H and O–H groups in total. The maximum Gasteiger partial charge on any atom is 0.128 e.